The van der Waals surface area contributed by atoms with Gasteiger partial charge in [0.1, 0.15) is 0 Å². The predicted molar refractivity (Wildman–Crippen MR) is 70.3 cm³/mol. The molecule has 2 aromatic heterocycles. The van der Waals surface area contributed by atoms with Crippen LogP contribution in [0.3, 0.4) is 0 Å². The Morgan fingerprint density at radius 3 is 2.56 bits per heavy atom. The van der Waals surface area contributed by atoms with Gasteiger partial charge in [-0.1, -0.05) is 0 Å². The van der Waals surface area contributed by atoms with Crippen LogP contribution in [0, 0.1) is 5.82 Å². The molecule has 0 atom stereocenters. The van der Waals surface area contributed by atoms with Crippen LogP contribution < -0.4 is 4.90 Å². The van der Waals surface area contributed by atoms with Gasteiger partial charge in [-0.05, 0) is 13.8 Å². The molecule has 0 saturated heterocycles. The van der Waals surface area contributed by atoms with Crippen LogP contribution in [0.15, 0.2) is 24.0 Å². The lowest BCUT2D eigenvalue weighted by Gasteiger charge is -2.26. The molecule has 2 heterocycles. The summed E-state index contributed by atoms with van der Waals surface area (Å²) in [5.74, 6) is 0.144. The van der Waals surface area contributed by atoms with E-state index in [0.29, 0.717) is 5.95 Å². The van der Waals surface area contributed by atoms with Crippen LogP contribution in [0.1, 0.15) is 18.9 Å². The van der Waals surface area contributed by atoms with Crippen molar-refractivity contribution < 1.29 is 4.39 Å². The third-order valence-electron chi connectivity index (χ3n) is 2.54. The van der Waals surface area contributed by atoms with Crippen molar-refractivity contribution in [1.82, 2.24) is 15.0 Å². The first-order valence-corrected chi connectivity index (χ1v) is 6.67. The molecule has 0 radical (unpaired) electrons. The molecule has 0 bridgehead atoms. The van der Waals surface area contributed by atoms with Crippen LogP contribution >= 0.6 is 11.3 Å². The van der Waals surface area contributed by atoms with Gasteiger partial charge in [-0.3, -0.25) is 0 Å². The topological polar surface area (TPSA) is 41.9 Å². The summed E-state index contributed by atoms with van der Waals surface area (Å²) in [4.78, 5) is 14.3. The fourth-order valence-electron chi connectivity index (χ4n) is 1.64. The average molecular weight is 266 g/mol. The van der Waals surface area contributed by atoms with Crippen LogP contribution in [-0.4, -0.2) is 27.5 Å². The summed E-state index contributed by atoms with van der Waals surface area (Å²) < 4.78 is 12.8. The van der Waals surface area contributed by atoms with E-state index in [-0.39, 0.29) is 6.04 Å². The van der Waals surface area contributed by atoms with Crippen molar-refractivity contribution >= 4 is 17.3 Å². The second kappa shape index (κ2) is 5.86. The highest BCUT2D eigenvalue weighted by Gasteiger charge is 2.13. The van der Waals surface area contributed by atoms with Crippen LogP contribution in [0.25, 0.3) is 0 Å². The molecule has 0 aliphatic rings. The van der Waals surface area contributed by atoms with E-state index in [4.69, 9.17) is 0 Å². The van der Waals surface area contributed by atoms with Gasteiger partial charge >= 0.3 is 0 Å². The van der Waals surface area contributed by atoms with E-state index in [1.165, 1.54) is 12.4 Å². The van der Waals surface area contributed by atoms with Gasteiger partial charge < -0.3 is 4.90 Å². The zero-order valence-electron chi connectivity index (χ0n) is 10.4. The van der Waals surface area contributed by atoms with E-state index < -0.39 is 5.82 Å². The van der Waals surface area contributed by atoms with E-state index in [1.807, 2.05) is 10.3 Å². The molecular formula is C12H15FN4S. The maximum absolute atomic E-state index is 12.8. The second-order valence-electron chi connectivity index (χ2n) is 4.16. The summed E-state index contributed by atoms with van der Waals surface area (Å²) in [6, 6.07) is 0.260. The lowest BCUT2D eigenvalue weighted by Crippen LogP contribution is -2.34. The normalized spacial score (nSPS) is 10.9. The lowest BCUT2D eigenvalue weighted by atomic mass is 10.3. The largest absolute Gasteiger partial charge is 0.338 e. The molecule has 6 heteroatoms. The maximum atomic E-state index is 12.8. The fraction of sp³-hybridized carbons (Fsp3) is 0.417. The Morgan fingerprint density at radius 2 is 2.00 bits per heavy atom. The van der Waals surface area contributed by atoms with Gasteiger partial charge in [-0.25, -0.2) is 19.3 Å². The zero-order chi connectivity index (χ0) is 13.0. The molecule has 2 aromatic rings. The second-order valence-corrected chi connectivity index (χ2v) is 5.14. The molecule has 0 unspecified atom stereocenters. The number of hydrogen-bond acceptors (Lipinski definition) is 5. The first kappa shape index (κ1) is 12.9. The van der Waals surface area contributed by atoms with Crippen molar-refractivity contribution in [1.29, 1.82) is 0 Å². The van der Waals surface area contributed by atoms with Crippen molar-refractivity contribution in [2.75, 3.05) is 11.4 Å². The smallest absolute Gasteiger partial charge is 0.225 e. The molecule has 18 heavy (non-hydrogen) atoms. The Balaban J connectivity index is 2.06. The highest BCUT2D eigenvalue weighted by molar-refractivity contribution is 7.09. The summed E-state index contributed by atoms with van der Waals surface area (Å²) in [7, 11) is 0. The number of nitrogens with zero attached hydrogens (tertiary/aromatic N) is 4. The molecule has 0 spiro atoms. The Hall–Kier alpha value is -1.56. The Bertz CT molecular complexity index is 469. The summed E-state index contributed by atoms with van der Waals surface area (Å²) >= 11 is 1.64. The van der Waals surface area contributed by atoms with Gasteiger partial charge in [0.2, 0.25) is 5.95 Å². The Morgan fingerprint density at radius 1 is 1.28 bits per heavy atom. The zero-order valence-corrected chi connectivity index (χ0v) is 11.2. The molecule has 0 fully saturated rings. The highest BCUT2D eigenvalue weighted by atomic mass is 32.1. The van der Waals surface area contributed by atoms with Gasteiger partial charge in [0.25, 0.3) is 0 Å². The molecule has 0 amide bonds. The number of halogens is 1. The van der Waals surface area contributed by atoms with Crippen LogP contribution in [0.4, 0.5) is 10.3 Å². The third-order valence-corrected chi connectivity index (χ3v) is 3.38. The number of anilines is 1. The molecule has 96 valence electrons. The summed E-state index contributed by atoms with van der Waals surface area (Å²) in [6.07, 6.45) is 5.03. The van der Waals surface area contributed by atoms with Crippen LogP contribution in [0.5, 0.6) is 0 Å². The fourth-order valence-corrected chi connectivity index (χ4v) is 2.25. The van der Waals surface area contributed by atoms with Gasteiger partial charge in [0, 0.05) is 30.6 Å². The van der Waals surface area contributed by atoms with Crippen molar-refractivity contribution in [3.63, 3.8) is 0 Å². The van der Waals surface area contributed by atoms with E-state index in [2.05, 4.69) is 28.8 Å². The number of aromatic nitrogens is 3. The minimum Gasteiger partial charge on any atom is -0.338 e. The third kappa shape index (κ3) is 3.22. The molecule has 2 rings (SSSR count). The molecule has 0 aliphatic heterocycles. The predicted octanol–water partition coefficient (Wildman–Crippen LogP) is 2.53. The summed E-state index contributed by atoms with van der Waals surface area (Å²) in [5.41, 5.74) is 0. The first-order valence-electron chi connectivity index (χ1n) is 5.79. The Labute approximate surface area is 110 Å². The highest BCUT2D eigenvalue weighted by Crippen LogP contribution is 2.13. The molecule has 0 N–H and O–H groups in total. The average Bonchev–Trinajstić information content (AvgIpc) is 2.84. The summed E-state index contributed by atoms with van der Waals surface area (Å²) in [5, 5.41) is 3.05. The standard InChI is InChI=1S/C12H15FN4S/c1-9(2)17(5-3-11-14-4-6-18-11)12-15-7-10(13)8-16-12/h4,6-9H,3,5H2,1-2H3. The van der Waals surface area contributed by atoms with Crippen LogP contribution in [-0.2, 0) is 6.42 Å². The van der Waals surface area contributed by atoms with E-state index in [0.717, 1.165) is 18.0 Å². The first-order chi connectivity index (χ1) is 8.66. The van der Waals surface area contributed by atoms with Crippen molar-refractivity contribution in [3.05, 3.63) is 34.8 Å². The minimum atomic E-state index is -0.414. The van der Waals surface area contributed by atoms with E-state index in [9.17, 15) is 4.39 Å². The number of rotatable bonds is 5. The number of hydrogen-bond donors (Lipinski definition) is 0. The molecule has 0 aliphatic carbocycles. The van der Waals surface area contributed by atoms with Gasteiger partial charge in [0.05, 0.1) is 17.4 Å². The number of thiazole rings is 1. The van der Waals surface area contributed by atoms with E-state index >= 15 is 0 Å². The van der Waals surface area contributed by atoms with Gasteiger partial charge in [-0.2, -0.15) is 0 Å². The van der Waals surface area contributed by atoms with Gasteiger partial charge in [0.15, 0.2) is 5.82 Å². The monoisotopic (exact) mass is 266 g/mol. The van der Waals surface area contributed by atoms with Crippen molar-refractivity contribution in [3.8, 4) is 0 Å². The van der Waals surface area contributed by atoms with Crippen LogP contribution in [0.2, 0.25) is 0 Å². The molecule has 4 nitrogen and oxygen atoms in total. The maximum Gasteiger partial charge on any atom is 0.225 e. The quantitative estimate of drug-likeness (QED) is 0.834. The lowest BCUT2D eigenvalue weighted by molar-refractivity contribution is 0.603. The van der Waals surface area contributed by atoms with Crippen molar-refractivity contribution in [2.24, 2.45) is 0 Å². The minimum absolute atomic E-state index is 0.260. The molecular weight excluding hydrogens is 251 g/mol. The summed E-state index contributed by atoms with van der Waals surface area (Å²) in [6.45, 7) is 4.90. The van der Waals surface area contributed by atoms with E-state index in [1.54, 1.807) is 17.5 Å². The Kier molecular flexibility index (Phi) is 4.19. The molecule has 0 saturated carbocycles. The van der Waals surface area contributed by atoms with Gasteiger partial charge in [-0.15, -0.1) is 11.3 Å². The van der Waals surface area contributed by atoms with Crippen molar-refractivity contribution in [2.45, 2.75) is 26.3 Å². The molecule has 0 aromatic carbocycles. The SMILES string of the molecule is CC(C)N(CCc1nccs1)c1ncc(F)cn1.